The molecular weight excluding hydrogens is 174 g/mol. The Kier molecular flexibility index (Phi) is 3.13. The van der Waals surface area contributed by atoms with Crippen molar-refractivity contribution in [2.24, 2.45) is 5.92 Å². The predicted octanol–water partition coefficient (Wildman–Crippen LogP) is 2.02. The molecule has 2 fully saturated rings. The third-order valence-electron chi connectivity index (χ3n) is 3.98. The van der Waals surface area contributed by atoms with Crippen LogP contribution in [-0.2, 0) is 0 Å². The van der Waals surface area contributed by atoms with Crippen molar-refractivity contribution in [3.05, 3.63) is 0 Å². The van der Waals surface area contributed by atoms with Gasteiger partial charge in [0.2, 0.25) is 0 Å². The Morgan fingerprint density at radius 1 is 1.21 bits per heavy atom. The van der Waals surface area contributed by atoms with E-state index in [-0.39, 0.29) is 0 Å². The Hall–Kier alpha value is -0.0800. The summed E-state index contributed by atoms with van der Waals surface area (Å²) in [4.78, 5) is 2.70. The molecule has 2 heterocycles. The summed E-state index contributed by atoms with van der Waals surface area (Å²) in [6, 6.07) is 2.21. The molecule has 0 aromatic carbocycles. The summed E-state index contributed by atoms with van der Waals surface area (Å²) in [7, 11) is 0. The van der Waals surface area contributed by atoms with Crippen molar-refractivity contribution >= 4 is 0 Å². The molecule has 0 aliphatic carbocycles. The van der Waals surface area contributed by atoms with Crippen LogP contribution in [0.2, 0.25) is 0 Å². The molecule has 0 radical (unpaired) electrons. The van der Waals surface area contributed by atoms with E-state index in [1.165, 1.54) is 32.1 Å². The Bertz CT molecular complexity index is 179. The van der Waals surface area contributed by atoms with Crippen LogP contribution in [0.5, 0.6) is 0 Å². The van der Waals surface area contributed by atoms with Crippen molar-refractivity contribution in [2.45, 2.75) is 64.1 Å². The molecule has 2 nitrogen and oxygen atoms in total. The molecule has 2 aliphatic rings. The normalized spacial score (nSPS) is 39.0. The fourth-order valence-corrected chi connectivity index (χ4v) is 3.52. The average molecular weight is 197 g/mol. The quantitative estimate of drug-likeness (QED) is 0.732. The molecule has 82 valence electrons. The summed E-state index contributed by atoms with van der Waals surface area (Å²) < 4.78 is 0. The van der Waals surface area contributed by atoms with E-state index in [1.807, 2.05) is 0 Å². The number of nitrogens with zero attached hydrogens (tertiary/aromatic N) is 1. The zero-order valence-corrected chi connectivity index (χ0v) is 9.45. The highest BCUT2D eigenvalue weighted by Crippen LogP contribution is 2.37. The van der Waals surface area contributed by atoms with Gasteiger partial charge in [0.05, 0.1) is 0 Å². The number of hydrogen-bond donors (Lipinski definition) is 1. The Labute approximate surface area is 87.3 Å². The molecule has 2 rings (SSSR count). The fourth-order valence-electron chi connectivity index (χ4n) is 3.52. The lowest BCUT2D eigenvalue weighted by molar-refractivity contribution is -0.0215. The van der Waals surface area contributed by atoms with Gasteiger partial charge in [-0.15, -0.1) is 0 Å². The van der Waals surface area contributed by atoms with E-state index < -0.39 is 0 Å². The Morgan fingerprint density at radius 2 is 1.79 bits per heavy atom. The van der Waals surface area contributed by atoms with Gasteiger partial charge in [-0.1, -0.05) is 6.42 Å². The van der Waals surface area contributed by atoms with Crippen molar-refractivity contribution in [1.82, 2.24) is 4.90 Å². The van der Waals surface area contributed by atoms with Crippen LogP contribution in [0, 0.1) is 5.92 Å². The molecule has 0 aromatic heterocycles. The molecule has 0 saturated carbocycles. The number of rotatable bonds is 2. The average Bonchev–Trinajstić information content (AvgIpc) is 2.15. The molecule has 2 bridgehead atoms. The number of hydrogen-bond acceptors (Lipinski definition) is 2. The number of fused-ring (bicyclic) bond motifs is 2. The zero-order chi connectivity index (χ0) is 10.1. The number of aliphatic hydroxyl groups is 1. The van der Waals surface area contributed by atoms with Gasteiger partial charge in [-0.05, 0) is 45.4 Å². The first-order valence-corrected chi connectivity index (χ1v) is 6.10. The van der Waals surface area contributed by atoms with Crippen LogP contribution < -0.4 is 0 Å². The highest BCUT2D eigenvalue weighted by Gasteiger charge is 2.38. The van der Waals surface area contributed by atoms with Gasteiger partial charge in [-0.25, -0.2) is 0 Å². The molecule has 2 atom stereocenters. The second-order valence-electron chi connectivity index (χ2n) is 5.30. The molecule has 14 heavy (non-hydrogen) atoms. The molecule has 0 aromatic rings. The zero-order valence-electron chi connectivity index (χ0n) is 9.45. The molecule has 0 unspecified atom stereocenters. The van der Waals surface area contributed by atoms with Crippen LogP contribution in [0.1, 0.15) is 46.0 Å². The lowest BCUT2D eigenvalue weighted by Crippen LogP contribution is -2.55. The topological polar surface area (TPSA) is 23.5 Å². The SMILES string of the molecule is CC(C)N1[C@@H]2CCC[C@@H]1CC(CO)C2. The summed E-state index contributed by atoms with van der Waals surface area (Å²) in [5, 5.41) is 9.25. The summed E-state index contributed by atoms with van der Waals surface area (Å²) >= 11 is 0. The van der Waals surface area contributed by atoms with Crippen LogP contribution in [-0.4, -0.2) is 34.7 Å². The van der Waals surface area contributed by atoms with Gasteiger partial charge in [-0.3, -0.25) is 4.90 Å². The Morgan fingerprint density at radius 3 is 2.21 bits per heavy atom. The minimum Gasteiger partial charge on any atom is -0.396 e. The van der Waals surface area contributed by atoms with E-state index in [9.17, 15) is 5.11 Å². The number of piperidine rings is 2. The van der Waals surface area contributed by atoms with Crippen molar-refractivity contribution < 1.29 is 5.11 Å². The molecule has 2 saturated heterocycles. The van der Waals surface area contributed by atoms with E-state index in [1.54, 1.807) is 0 Å². The Balaban J connectivity index is 2.07. The smallest absolute Gasteiger partial charge is 0.0460 e. The summed E-state index contributed by atoms with van der Waals surface area (Å²) in [5.41, 5.74) is 0. The third kappa shape index (κ3) is 1.82. The lowest BCUT2D eigenvalue weighted by atomic mass is 9.78. The monoisotopic (exact) mass is 197 g/mol. The highest BCUT2D eigenvalue weighted by atomic mass is 16.3. The lowest BCUT2D eigenvalue weighted by Gasteiger charge is -2.50. The van der Waals surface area contributed by atoms with Crippen LogP contribution in [0.3, 0.4) is 0 Å². The van der Waals surface area contributed by atoms with Crippen molar-refractivity contribution in [2.75, 3.05) is 6.61 Å². The van der Waals surface area contributed by atoms with E-state index in [4.69, 9.17) is 0 Å². The summed E-state index contributed by atoms with van der Waals surface area (Å²) in [6.45, 7) is 5.02. The van der Waals surface area contributed by atoms with E-state index >= 15 is 0 Å². The first-order chi connectivity index (χ1) is 6.72. The second-order valence-corrected chi connectivity index (χ2v) is 5.30. The van der Waals surface area contributed by atoms with Crippen molar-refractivity contribution in [1.29, 1.82) is 0 Å². The largest absolute Gasteiger partial charge is 0.396 e. The highest BCUT2D eigenvalue weighted by molar-refractivity contribution is 4.93. The standard InChI is InChI=1S/C12H23NO/c1-9(2)13-11-4-3-5-12(13)7-10(6-11)8-14/h9-12,14H,3-8H2,1-2H3/t11-,12-/m1/s1. The maximum atomic E-state index is 9.25. The summed E-state index contributed by atoms with van der Waals surface area (Å²) in [6.07, 6.45) is 6.56. The molecule has 2 aliphatic heterocycles. The third-order valence-corrected chi connectivity index (χ3v) is 3.98. The van der Waals surface area contributed by atoms with Gasteiger partial charge >= 0.3 is 0 Å². The van der Waals surface area contributed by atoms with Crippen LogP contribution >= 0.6 is 0 Å². The predicted molar refractivity (Wildman–Crippen MR) is 58.2 cm³/mol. The minimum atomic E-state index is 0.402. The molecule has 1 N–H and O–H groups in total. The molecule has 2 heteroatoms. The summed E-state index contributed by atoms with van der Waals surface area (Å²) in [5.74, 6) is 0.584. The van der Waals surface area contributed by atoms with Crippen molar-refractivity contribution in [3.8, 4) is 0 Å². The molecular formula is C12H23NO. The molecule has 0 spiro atoms. The number of aliphatic hydroxyl groups excluding tert-OH is 1. The minimum absolute atomic E-state index is 0.402. The maximum absolute atomic E-state index is 9.25. The molecule has 0 amide bonds. The van der Waals surface area contributed by atoms with Gasteiger partial charge in [0, 0.05) is 24.7 Å². The van der Waals surface area contributed by atoms with Gasteiger partial charge in [0.25, 0.3) is 0 Å². The van der Waals surface area contributed by atoms with Crippen molar-refractivity contribution in [3.63, 3.8) is 0 Å². The van der Waals surface area contributed by atoms with Crippen LogP contribution in [0.25, 0.3) is 0 Å². The maximum Gasteiger partial charge on any atom is 0.0460 e. The van der Waals surface area contributed by atoms with E-state index in [0.717, 1.165) is 12.1 Å². The first kappa shape index (κ1) is 10.4. The van der Waals surface area contributed by atoms with Gasteiger partial charge in [0.15, 0.2) is 0 Å². The van der Waals surface area contributed by atoms with Gasteiger partial charge in [-0.2, -0.15) is 0 Å². The van der Waals surface area contributed by atoms with E-state index in [2.05, 4.69) is 18.7 Å². The van der Waals surface area contributed by atoms with Gasteiger partial charge in [0.1, 0.15) is 0 Å². The van der Waals surface area contributed by atoms with Gasteiger partial charge < -0.3 is 5.11 Å². The fraction of sp³-hybridized carbons (Fsp3) is 1.00. The first-order valence-electron chi connectivity index (χ1n) is 6.10. The van der Waals surface area contributed by atoms with Crippen LogP contribution in [0.4, 0.5) is 0 Å². The van der Waals surface area contributed by atoms with E-state index in [0.29, 0.717) is 18.6 Å². The second kappa shape index (κ2) is 4.19. The van der Waals surface area contributed by atoms with Crippen LogP contribution in [0.15, 0.2) is 0 Å².